The molecule has 0 aromatic carbocycles. The number of rotatable bonds is 3. The first kappa shape index (κ1) is 15.3. The number of hydrogen-bond acceptors (Lipinski definition) is 4. The summed E-state index contributed by atoms with van der Waals surface area (Å²) in [5.41, 5.74) is -0.701. The van der Waals surface area contributed by atoms with Crippen LogP contribution in [0.4, 0.5) is 4.39 Å². The molecule has 0 radical (unpaired) electrons. The molecular formula is C14H21BFNO3. The van der Waals surface area contributed by atoms with Gasteiger partial charge in [0.1, 0.15) is 5.82 Å². The van der Waals surface area contributed by atoms with Crippen LogP contribution in [0.3, 0.4) is 0 Å². The SMILES string of the molecule is CC(C)Oc1cc(B2OC(C)(C)C(C)(C)O2)c(F)cn1. The van der Waals surface area contributed by atoms with Gasteiger partial charge in [0.05, 0.1) is 23.5 Å². The maximum absolute atomic E-state index is 14.0. The molecule has 1 aliphatic heterocycles. The smallest absolute Gasteiger partial charge is 0.475 e. The molecule has 0 amide bonds. The minimum absolute atomic E-state index is 0.0286. The van der Waals surface area contributed by atoms with Crippen LogP contribution >= 0.6 is 0 Å². The van der Waals surface area contributed by atoms with E-state index in [2.05, 4.69) is 4.98 Å². The van der Waals surface area contributed by atoms with Crippen molar-refractivity contribution in [3.8, 4) is 5.88 Å². The van der Waals surface area contributed by atoms with Crippen LogP contribution in [0.2, 0.25) is 0 Å². The zero-order valence-electron chi connectivity index (χ0n) is 12.9. The molecule has 2 heterocycles. The molecule has 0 aliphatic carbocycles. The Balaban J connectivity index is 2.30. The van der Waals surface area contributed by atoms with Crippen molar-refractivity contribution >= 4 is 12.6 Å². The van der Waals surface area contributed by atoms with E-state index in [1.165, 1.54) is 6.07 Å². The molecule has 1 aliphatic rings. The summed E-state index contributed by atoms with van der Waals surface area (Å²) >= 11 is 0. The van der Waals surface area contributed by atoms with Crippen LogP contribution in [-0.2, 0) is 9.31 Å². The Morgan fingerprint density at radius 2 is 1.75 bits per heavy atom. The number of pyridine rings is 1. The largest absolute Gasteiger partial charge is 0.498 e. The van der Waals surface area contributed by atoms with E-state index in [4.69, 9.17) is 14.0 Å². The van der Waals surface area contributed by atoms with Crippen LogP contribution < -0.4 is 10.2 Å². The maximum Gasteiger partial charge on any atom is 0.498 e. The first-order valence-corrected chi connectivity index (χ1v) is 6.80. The van der Waals surface area contributed by atoms with E-state index < -0.39 is 24.1 Å². The molecule has 0 spiro atoms. The molecule has 110 valence electrons. The van der Waals surface area contributed by atoms with Gasteiger partial charge in [-0.25, -0.2) is 9.37 Å². The molecule has 2 rings (SSSR count). The highest BCUT2D eigenvalue weighted by Gasteiger charge is 2.52. The monoisotopic (exact) mass is 281 g/mol. The summed E-state index contributed by atoms with van der Waals surface area (Å²) in [6, 6.07) is 1.54. The van der Waals surface area contributed by atoms with Crippen LogP contribution in [-0.4, -0.2) is 29.4 Å². The zero-order chi connectivity index (χ0) is 15.1. The van der Waals surface area contributed by atoms with E-state index in [9.17, 15) is 4.39 Å². The summed E-state index contributed by atoms with van der Waals surface area (Å²) in [6.07, 6.45) is 1.11. The quantitative estimate of drug-likeness (QED) is 0.797. The van der Waals surface area contributed by atoms with E-state index in [1.807, 2.05) is 41.5 Å². The number of nitrogens with zero attached hydrogens (tertiary/aromatic N) is 1. The normalized spacial score (nSPS) is 20.5. The molecule has 4 nitrogen and oxygen atoms in total. The van der Waals surface area contributed by atoms with E-state index in [0.717, 1.165) is 6.20 Å². The lowest BCUT2D eigenvalue weighted by atomic mass is 9.79. The van der Waals surface area contributed by atoms with Gasteiger partial charge in [0.25, 0.3) is 0 Å². The molecule has 20 heavy (non-hydrogen) atoms. The highest BCUT2D eigenvalue weighted by molar-refractivity contribution is 6.62. The molecule has 1 aromatic heterocycles. The lowest BCUT2D eigenvalue weighted by Crippen LogP contribution is -2.41. The standard InChI is InChI=1S/C14H21BFNO3/c1-9(2)18-12-7-10(11(16)8-17-12)15-19-13(3,4)14(5,6)20-15/h7-9H,1-6H3. The van der Waals surface area contributed by atoms with Crippen molar-refractivity contribution in [1.82, 2.24) is 4.98 Å². The maximum atomic E-state index is 14.0. The second-order valence-electron chi connectivity index (χ2n) is 6.30. The van der Waals surface area contributed by atoms with Gasteiger partial charge in [0, 0.05) is 11.5 Å². The van der Waals surface area contributed by atoms with Crippen LogP contribution in [0.5, 0.6) is 5.88 Å². The predicted octanol–water partition coefficient (Wildman–Crippen LogP) is 2.31. The van der Waals surface area contributed by atoms with Gasteiger partial charge >= 0.3 is 7.12 Å². The fourth-order valence-electron chi connectivity index (χ4n) is 1.89. The van der Waals surface area contributed by atoms with Gasteiger partial charge in [-0.15, -0.1) is 0 Å². The van der Waals surface area contributed by atoms with Crippen molar-refractivity contribution < 1.29 is 18.4 Å². The van der Waals surface area contributed by atoms with Crippen LogP contribution in [0.15, 0.2) is 12.3 Å². The number of aromatic nitrogens is 1. The molecule has 0 saturated carbocycles. The van der Waals surface area contributed by atoms with Crippen molar-refractivity contribution in [1.29, 1.82) is 0 Å². The first-order chi connectivity index (χ1) is 9.12. The molecule has 6 heteroatoms. The Bertz CT molecular complexity index is 489. The van der Waals surface area contributed by atoms with Crippen molar-refractivity contribution in [3.05, 3.63) is 18.1 Å². The van der Waals surface area contributed by atoms with E-state index in [-0.39, 0.29) is 6.10 Å². The summed E-state index contributed by atoms with van der Waals surface area (Å²) in [7, 11) is -0.752. The van der Waals surface area contributed by atoms with E-state index in [0.29, 0.717) is 11.3 Å². The van der Waals surface area contributed by atoms with Gasteiger partial charge in [0.2, 0.25) is 5.88 Å². The number of hydrogen-bond donors (Lipinski definition) is 0. The van der Waals surface area contributed by atoms with Gasteiger partial charge in [-0.05, 0) is 41.5 Å². The van der Waals surface area contributed by atoms with Gasteiger partial charge in [0.15, 0.2) is 0 Å². The fourth-order valence-corrected chi connectivity index (χ4v) is 1.89. The predicted molar refractivity (Wildman–Crippen MR) is 75.7 cm³/mol. The summed E-state index contributed by atoms with van der Waals surface area (Å²) in [6.45, 7) is 11.5. The Hall–Kier alpha value is -1.14. The van der Waals surface area contributed by atoms with Crippen molar-refractivity contribution in [3.63, 3.8) is 0 Å². The molecule has 0 N–H and O–H groups in total. The second kappa shape index (κ2) is 5.00. The van der Waals surface area contributed by atoms with Gasteiger partial charge in [-0.3, -0.25) is 0 Å². The Morgan fingerprint density at radius 1 is 1.20 bits per heavy atom. The molecule has 1 saturated heterocycles. The zero-order valence-corrected chi connectivity index (χ0v) is 12.9. The Kier molecular flexibility index (Phi) is 3.82. The molecule has 0 unspecified atom stereocenters. The van der Waals surface area contributed by atoms with Crippen molar-refractivity contribution in [2.24, 2.45) is 0 Å². The second-order valence-corrected chi connectivity index (χ2v) is 6.30. The molecule has 1 fully saturated rings. The van der Waals surface area contributed by atoms with Crippen molar-refractivity contribution in [2.75, 3.05) is 0 Å². The first-order valence-electron chi connectivity index (χ1n) is 6.80. The summed E-state index contributed by atoms with van der Waals surface area (Å²) < 4.78 is 31.2. The third-order valence-corrected chi connectivity index (χ3v) is 3.72. The topological polar surface area (TPSA) is 40.6 Å². The highest BCUT2D eigenvalue weighted by atomic mass is 19.1. The molecule has 0 atom stereocenters. The van der Waals surface area contributed by atoms with Crippen molar-refractivity contribution in [2.45, 2.75) is 58.8 Å². The lowest BCUT2D eigenvalue weighted by molar-refractivity contribution is 0.00578. The van der Waals surface area contributed by atoms with Gasteiger partial charge in [-0.2, -0.15) is 0 Å². The minimum Gasteiger partial charge on any atom is -0.475 e. The molecular weight excluding hydrogens is 260 g/mol. The molecule has 1 aromatic rings. The Morgan fingerprint density at radius 3 is 2.25 bits per heavy atom. The summed E-state index contributed by atoms with van der Waals surface area (Å²) in [5, 5.41) is 0. The minimum atomic E-state index is -0.752. The number of ether oxygens (including phenoxy) is 1. The fraction of sp³-hybridized carbons (Fsp3) is 0.643. The average Bonchev–Trinajstić information content (AvgIpc) is 2.50. The number of halogens is 1. The third kappa shape index (κ3) is 2.81. The average molecular weight is 281 g/mol. The van der Waals surface area contributed by atoms with Gasteiger partial charge < -0.3 is 14.0 Å². The molecule has 0 bridgehead atoms. The summed E-state index contributed by atoms with van der Waals surface area (Å²) in [4.78, 5) is 3.91. The highest BCUT2D eigenvalue weighted by Crippen LogP contribution is 2.36. The lowest BCUT2D eigenvalue weighted by Gasteiger charge is -2.32. The van der Waals surface area contributed by atoms with Crippen LogP contribution in [0, 0.1) is 5.82 Å². The third-order valence-electron chi connectivity index (χ3n) is 3.72. The van der Waals surface area contributed by atoms with E-state index >= 15 is 0 Å². The van der Waals surface area contributed by atoms with Crippen LogP contribution in [0.1, 0.15) is 41.5 Å². The Labute approximate surface area is 119 Å². The van der Waals surface area contributed by atoms with Crippen LogP contribution in [0.25, 0.3) is 0 Å². The van der Waals surface area contributed by atoms with Gasteiger partial charge in [-0.1, -0.05) is 0 Å². The summed E-state index contributed by atoms with van der Waals surface area (Å²) in [5.74, 6) is -0.0919. The van der Waals surface area contributed by atoms with E-state index in [1.54, 1.807) is 0 Å².